The van der Waals surface area contributed by atoms with Crippen molar-refractivity contribution in [3.8, 4) is 17.2 Å². The Bertz CT molecular complexity index is 1250. The van der Waals surface area contributed by atoms with Gasteiger partial charge in [-0.25, -0.2) is 9.38 Å². The van der Waals surface area contributed by atoms with Gasteiger partial charge in [0.2, 0.25) is 0 Å². The van der Waals surface area contributed by atoms with Gasteiger partial charge in [-0.3, -0.25) is 9.36 Å². The number of ether oxygens (including phenoxy) is 2. The molecule has 3 aromatic rings. The third kappa shape index (κ3) is 4.24. The Morgan fingerprint density at radius 1 is 1.06 bits per heavy atom. The highest BCUT2D eigenvalue weighted by molar-refractivity contribution is 6.31. The zero-order valence-corrected chi connectivity index (χ0v) is 18.3. The van der Waals surface area contributed by atoms with E-state index in [4.69, 9.17) is 21.1 Å². The van der Waals surface area contributed by atoms with Gasteiger partial charge in [0.25, 0.3) is 0 Å². The summed E-state index contributed by atoms with van der Waals surface area (Å²) in [6.07, 6.45) is 1.45. The second-order valence-corrected chi connectivity index (χ2v) is 7.30. The number of hydrogen-bond donors (Lipinski definition) is 1. The molecule has 0 radical (unpaired) electrons. The molecular weight excluding hydrogens is 433 g/mol. The van der Waals surface area contributed by atoms with Gasteiger partial charge in [0.15, 0.2) is 5.43 Å². The first-order chi connectivity index (χ1) is 15.5. The normalized spacial score (nSPS) is 12.9. The van der Waals surface area contributed by atoms with Crippen LogP contribution < -0.4 is 20.2 Å². The number of nitrogens with one attached hydrogen (secondary N) is 1. The molecule has 2 aromatic carbocycles. The fraction of sp³-hybridized carbons (Fsp3) is 0.167. The lowest BCUT2D eigenvalue weighted by molar-refractivity contribution is 0.414. The van der Waals surface area contributed by atoms with Crippen molar-refractivity contribution in [1.29, 1.82) is 0 Å². The van der Waals surface area contributed by atoms with E-state index < -0.39 is 5.83 Å². The first-order valence-corrected chi connectivity index (χ1v) is 10.4. The van der Waals surface area contributed by atoms with Gasteiger partial charge in [0, 0.05) is 29.4 Å². The predicted molar refractivity (Wildman–Crippen MR) is 126 cm³/mol. The molecule has 0 saturated heterocycles. The Morgan fingerprint density at radius 2 is 1.69 bits per heavy atom. The van der Waals surface area contributed by atoms with Crippen LogP contribution in [-0.4, -0.2) is 30.4 Å². The maximum atomic E-state index is 14.4. The number of anilines is 2. The second kappa shape index (κ2) is 9.28. The molecule has 1 N–H and O–H groups in total. The minimum Gasteiger partial charge on any atom is -0.497 e. The predicted octanol–water partition coefficient (Wildman–Crippen LogP) is 5.32. The van der Waals surface area contributed by atoms with Crippen LogP contribution in [0.15, 0.2) is 76.3 Å². The van der Waals surface area contributed by atoms with Crippen molar-refractivity contribution in [3.63, 3.8) is 0 Å². The molecule has 6 nitrogen and oxygen atoms in total. The average molecular weight is 454 g/mol. The Morgan fingerprint density at radius 3 is 2.28 bits per heavy atom. The van der Waals surface area contributed by atoms with Crippen LogP contribution in [0.3, 0.4) is 0 Å². The number of hydrogen-bond acceptors (Lipinski definition) is 5. The number of fused-ring (bicyclic) bond motifs is 1. The lowest BCUT2D eigenvalue weighted by Gasteiger charge is -2.20. The number of aromatic nitrogens is 1. The second-order valence-electron chi connectivity index (χ2n) is 7.03. The lowest BCUT2D eigenvalue weighted by Crippen LogP contribution is -2.16. The number of methoxy groups -OCH3 is 2. The third-order valence-electron chi connectivity index (χ3n) is 5.11. The summed E-state index contributed by atoms with van der Waals surface area (Å²) in [4.78, 5) is 17.4. The number of rotatable bonds is 6. The van der Waals surface area contributed by atoms with E-state index in [0.717, 1.165) is 11.4 Å². The molecule has 32 heavy (non-hydrogen) atoms. The van der Waals surface area contributed by atoms with Crippen molar-refractivity contribution < 1.29 is 13.9 Å². The molecule has 0 aliphatic carbocycles. The average Bonchev–Trinajstić information content (AvgIpc) is 2.99. The summed E-state index contributed by atoms with van der Waals surface area (Å²) in [6, 6.07) is 16.1. The number of nitrogens with zero attached hydrogens (tertiary/aromatic N) is 2. The molecule has 1 aliphatic rings. The highest BCUT2D eigenvalue weighted by Gasteiger charge is 2.21. The van der Waals surface area contributed by atoms with Crippen LogP contribution in [-0.2, 0) is 6.42 Å². The standard InChI is InChI=1S/C24H21ClFN3O3/c1-31-17-7-3-15(4-8-17)27-23-13-22(30)19-11-12-20(26)21(14-25)28-24(19)29(23)16-5-9-18(32-2)10-6-16/h3-10,12-13,27H,11,14H2,1-2H3. The Labute approximate surface area is 189 Å². The van der Waals surface area contributed by atoms with Gasteiger partial charge in [-0.1, -0.05) is 0 Å². The van der Waals surface area contributed by atoms with Gasteiger partial charge < -0.3 is 14.8 Å². The molecular formula is C24H21ClFN3O3. The summed E-state index contributed by atoms with van der Waals surface area (Å²) in [7, 11) is 3.18. The van der Waals surface area contributed by atoms with Gasteiger partial charge in [-0.2, -0.15) is 0 Å². The number of allylic oxidation sites excluding steroid dienone is 2. The molecule has 0 spiro atoms. The summed E-state index contributed by atoms with van der Waals surface area (Å²) in [5, 5.41) is 3.27. The highest BCUT2D eigenvalue weighted by Crippen LogP contribution is 2.32. The van der Waals surface area contributed by atoms with Crippen LogP contribution in [0.4, 0.5) is 21.7 Å². The largest absolute Gasteiger partial charge is 0.497 e. The Hall–Kier alpha value is -3.58. The van der Waals surface area contributed by atoms with Crippen molar-refractivity contribution in [2.75, 3.05) is 25.4 Å². The molecule has 8 heteroatoms. The third-order valence-corrected chi connectivity index (χ3v) is 5.36. The first-order valence-electron chi connectivity index (χ1n) is 9.88. The van der Waals surface area contributed by atoms with Gasteiger partial charge in [-0.15, -0.1) is 11.6 Å². The van der Waals surface area contributed by atoms with E-state index in [9.17, 15) is 9.18 Å². The van der Waals surface area contributed by atoms with Crippen molar-refractivity contribution in [2.45, 2.75) is 6.42 Å². The molecule has 0 unspecified atom stereocenters. The molecule has 1 aromatic heterocycles. The van der Waals surface area contributed by atoms with Gasteiger partial charge >= 0.3 is 0 Å². The zero-order valence-electron chi connectivity index (χ0n) is 17.6. The maximum Gasteiger partial charge on any atom is 0.189 e. The summed E-state index contributed by atoms with van der Waals surface area (Å²) >= 11 is 5.95. The smallest absolute Gasteiger partial charge is 0.189 e. The first kappa shape index (κ1) is 21.6. The number of pyridine rings is 1. The monoisotopic (exact) mass is 453 g/mol. The van der Waals surface area contributed by atoms with Crippen LogP contribution >= 0.6 is 11.6 Å². The van der Waals surface area contributed by atoms with E-state index in [1.807, 2.05) is 36.4 Å². The quantitative estimate of drug-likeness (QED) is 0.513. The van der Waals surface area contributed by atoms with E-state index in [0.29, 0.717) is 28.7 Å². The Balaban J connectivity index is 1.93. The van der Waals surface area contributed by atoms with Crippen LogP contribution in [0.1, 0.15) is 5.56 Å². The molecule has 0 saturated carbocycles. The van der Waals surface area contributed by atoms with E-state index in [-0.39, 0.29) is 23.4 Å². The zero-order chi connectivity index (χ0) is 22.7. The topological polar surface area (TPSA) is 64.8 Å². The molecule has 0 amide bonds. The van der Waals surface area contributed by atoms with Crippen molar-refractivity contribution >= 4 is 34.6 Å². The van der Waals surface area contributed by atoms with Crippen molar-refractivity contribution in [2.24, 2.45) is 4.99 Å². The van der Waals surface area contributed by atoms with Gasteiger partial charge in [0.05, 0.1) is 25.8 Å². The molecule has 0 atom stereocenters. The van der Waals surface area contributed by atoms with E-state index >= 15 is 0 Å². The molecule has 0 bridgehead atoms. The number of aliphatic imine (C=N–C) groups is 1. The Kier molecular flexibility index (Phi) is 6.28. The number of benzene rings is 2. The van der Waals surface area contributed by atoms with Crippen molar-refractivity contribution in [1.82, 2.24) is 4.57 Å². The lowest BCUT2D eigenvalue weighted by atomic mass is 10.1. The van der Waals surface area contributed by atoms with Gasteiger partial charge in [-0.05, 0) is 54.6 Å². The maximum absolute atomic E-state index is 14.4. The number of alkyl halides is 1. The molecule has 2 heterocycles. The van der Waals surface area contributed by atoms with Crippen LogP contribution in [0.5, 0.6) is 11.5 Å². The van der Waals surface area contributed by atoms with Crippen LogP contribution in [0, 0.1) is 0 Å². The van der Waals surface area contributed by atoms with Crippen LogP contribution in [0.25, 0.3) is 5.69 Å². The molecule has 164 valence electrons. The summed E-state index contributed by atoms with van der Waals surface area (Å²) in [5.41, 5.74) is 1.68. The summed E-state index contributed by atoms with van der Waals surface area (Å²) in [5.74, 6) is 1.56. The SMILES string of the molecule is COc1ccc(Nc2cc(=O)c3c(n2-c2ccc(OC)cc2)N=C(CCl)C(F)=CC3)cc1. The highest BCUT2D eigenvalue weighted by atomic mass is 35.5. The van der Waals surface area contributed by atoms with Crippen LogP contribution in [0.2, 0.25) is 0 Å². The summed E-state index contributed by atoms with van der Waals surface area (Å²) < 4.78 is 26.7. The van der Waals surface area contributed by atoms with E-state index in [1.54, 1.807) is 30.9 Å². The molecule has 4 rings (SSSR count). The number of halogens is 2. The van der Waals surface area contributed by atoms with Gasteiger partial charge in [0.1, 0.15) is 29.0 Å². The minimum atomic E-state index is -0.526. The van der Waals surface area contributed by atoms with Crippen molar-refractivity contribution in [3.05, 3.63) is 82.3 Å². The van der Waals surface area contributed by atoms with E-state index in [1.165, 1.54) is 12.1 Å². The minimum absolute atomic E-state index is 0.0775. The van der Waals surface area contributed by atoms with E-state index in [2.05, 4.69) is 10.3 Å². The molecule has 1 aliphatic heterocycles. The fourth-order valence-electron chi connectivity index (χ4n) is 3.44. The molecule has 0 fully saturated rings. The fourth-order valence-corrected chi connectivity index (χ4v) is 3.62. The summed E-state index contributed by atoms with van der Waals surface area (Å²) in [6.45, 7) is 0.